The summed E-state index contributed by atoms with van der Waals surface area (Å²) in [7, 11) is 0. The van der Waals surface area contributed by atoms with Crippen molar-refractivity contribution in [3.63, 3.8) is 0 Å². The number of carboxylic acid groups (broad SMARTS) is 1. The van der Waals surface area contributed by atoms with E-state index in [1.54, 1.807) is 17.0 Å². The van der Waals surface area contributed by atoms with E-state index in [2.05, 4.69) is 13.8 Å². The van der Waals surface area contributed by atoms with E-state index in [0.717, 1.165) is 12.0 Å². The minimum atomic E-state index is -0.981. The number of carbonyl (C=O) groups is 2. The molecule has 0 aliphatic carbocycles. The highest BCUT2D eigenvalue weighted by molar-refractivity contribution is 6.03. The largest absolute Gasteiger partial charge is 0.478 e. The number of carbonyl (C=O) groups excluding carboxylic acids is 1. The third-order valence-corrected chi connectivity index (χ3v) is 3.56. The molecule has 114 valence electrons. The van der Waals surface area contributed by atoms with E-state index in [-0.39, 0.29) is 11.5 Å². The molecule has 0 spiro atoms. The molecule has 0 radical (unpaired) electrons. The van der Waals surface area contributed by atoms with Crippen molar-refractivity contribution in [1.29, 1.82) is 0 Å². The van der Waals surface area contributed by atoms with Gasteiger partial charge in [0, 0.05) is 18.8 Å². The monoisotopic (exact) mass is 291 g/mol. The van der Waals surface area contributed by atoms with Crippen LogP contribution in [0.1, 0.15) is 36.2 Å². The van der Waals surface area contributed by atoms with Crippen LogP contribution in [0.3, 0.4) is 0 Å². The molecule has 2 rings (SSSR count). The van der Waals surface area contributed by atoms with Gasteiger partial charge in [0.2, 0.25) is 5.91 Å². The molecule has 0 bridgehead atoms. The number of carboxylic acids is 1. The summed E-state index contributed by atoms with van der Waals surface area (Å²) >= 11 is 0. The second-order valence-corrected chi connectivity index (χ2v) is 5.67. The van der Waals surface area contributed by atoms with Crippen LogP contribution < -0.4 is 4.90 Å². The fourth-order valence-corrected chi connectivity index (χ4v) is 2.31. The van der Waals surface area contributed by atoms with Crippen molar-refractivity contribution in [3.8, 4) is 0 Å². The predicted molar refractivity (Wildman–Crippen MR) is 79.7 cm³/mol. The highest BCUT2D eigenvalue weighted by Gasteiger charge is 2.27. The molecule has 1 aliphatic heterocycles. The molecule has 1 aromatic rings. The average molecular weight is 291 g/mol. The summed E-state index contributed by atoms with van der Waals surface area (Å²) in [5.41, 5.74) is 1.79. The molecule has 1 amide bonds. The zero-order valence-electron chi connectivity index (χ0n) is 12.5. The number of anilines is 1. The molecule has 21 heavy (non-hydrogen) atoms. The maximum atomic E-state index is 12.0. The Morgan fingerprint density at radius 1 is 1.38 bits per heavy atom. The number of benzene rings is 1. The molecule has 0 atom stereocenters. The van der Waals surface area contributed by atoms with E-state index >= 15 is 0 Å². The summed E-state index contributed by atoms with van der Waals surface area (Å²) in [5.74, 6) is -0.387. The smallest absolute Gasteiger partial charge is 0.335 e. The zero-order valence-corrected chi connectivity index (χ0v) is 12.5. The molecule has 5 heteroatoms. The quantitative estimate of drug-likeness (QED) is 0.783. The fraction of sp³-hybridized carbons (Fsp3) is 0.500. The van der Waals surface area contributed by atoms with Crippen LogP contribution in [0.4, 0.5) is 5.69 Å². The average Bonchev–Trinajstić information content (AvgIpc) is 2.73. The van der Waals surface area contributed by atoms with Crippen LogP contribution in [-0.4, -0.2) is 36.7 Å². The summed E-state index contributed by atoms with van der Waals surface area (Å²) in [6, 6.07) is 4.82. The minimum Gasteiger partial charge on any atom is -0.478 e. The number of ether oxygens (including phenoxy) is 1. The van der Waals surface area contributed by atoms with Gasteiger partial charge in [-0.15, -0.1) is 0 Å². The van der Waals surface area contributed by atoms with Crippen LogP contribution in [0.5, 0.6) is 0 Å². The van der Waals surface area contributed by atoms with E-state index in [1.165, 1.54) is 6.07 Å². The van der Waals surface area contributed by atoms with Crippen molar-refractivity contribution in [3.05, 3.63) is 29.3 Å². The maximum Gasteiger partial charge on any atom is 0.335 e. The molecule has 5 nitrogen and oxygen atoms in total. The van der Waals surface area contributed by atoms with Crippen LogP contribution in [-0.2, 0) is 16.0 Å². The van der Waals surface area contributed by atoms with Crippen molar-refractivity contribution in [2.45, 2.75) is 26.7 Å². The number of amides is 1. The molecule has 0 fully saturated rings. The lowest BCUT2D eigenvalue weighted by Gasteiger charge is -2.18. The van der Waals surface area contributed by atoms with Crippen LogP contribution in [0, 0.1) is 5.92 Å². The summed E-state index contributed by atoms with van der Waals surface area (Å²) in [4.78, 5) is 24.7. The number of aromatic carboxylic acids is 1. The van der Waals surface area contributed by atoms with E-state index < -0.39 is 5.97 Å². The second kappa shape index (κ2) is 6.72. The van der Waals surface area contributed by atoms with Crippen molar-refractivity contribution in [2.24, 2.45) is 5.92 Å². The van der Waals surface area contributed by atoms with Crippen molar-refractivity contribution < 1.29 is 19.4 Å². The Bertz CT molecular complexity index is 539. The summed E-state index contributed by atoms with van der Waals surface area (Å²) in [6.07, 6.45) is 1.33. The lowest BCUT2D eigenvalue weighted by atomic mass is 10.1. The molecule has 1 N–H and O–H groups in total. The predicted octanol–water partition coefficient (Wildman–Crippen LogP) is 2.34. The lowest BCUT2D eigenvalue weighted by molar-refractivity contribution is -0.117. The van der Waals surface area contributed by atoms with Gasteiger partial charge < -0.3 is 14.7 Å². The zero-order chi connectivity index (χ0) is 15.4. The minimum absolute atomic E-state index is 0.00000152. The van der Waals surface area contributed by atoms with Gasteiger partial charge in [-0.05, 0) is 30.0 Å². The van der Waals surface area contributed by atoms with Crippen LogP contribution in [0.15, 0.2) is 18.2 Å². The van der Waals surface area contributed by atoms with Gasteiger partial charge in [-0.2, -0.15) is 0 Å². The number of hydrogen-bond acceptors (Lipinski definition) is 3. The Morgan fingerprint density at radius 2 is 2.14 bits per heavy atom. The Hall–Kier alpha value is -1.88. The van der Waals surface area contributed by atoms with Gasteiger partial charge in [0.25, 0.3) is 0 Å². The first-order valence-corrected chi connectivity index (χ1v) is 7.23. The number of hydrogen-bond donors (Lipinski definition) is 1. The van der Waals surface area contributed by atoms with Gasteiger partial charge in [-0.1, -0.05) is 19.9 Å². The first-order valence-electron chi connectivity index (χ1n) is 7.23. The van der Waals surface area contributed by atoms with Crippen molar-refractivity contribution in [2.75, 3.05) is 24.7 Å². The van der Waals surface area contributed by atoms with E-state index in [9.17, 15) is 9.59 Å². The van der Waals surface area contributed by atoms with Gasteiger partial charge in [0.05, 0.1) is 18.6 Å². The molecule has 0 unspecified atom stereocenters. The Balaban J connectivity index is 1.97. The number of fused-ring (bicyclic) bond motifs is 1. The van der Waals surface area contributed by atoms with Gasteiger partial charge in [-0.3, -0.25) is 4.79 Å². The van der Waals surface area contributed by atoms with Gasteiger partial charge in [0.15, 0.2) is 0 Å². The normalized spacial score (nSPS) is 13.9. The maximum absolute atomic E-state index is 12.0. The summed E-state index contributed by atoms with van der Waals surface area (Å²) < 4.78 is 5.54. The summed E-state index contributed by atoms with van der Waals surface area (Å²) in [6.45, 7) is 5.89. The van der Waals surface area contributed by atoms with E-state index in [1.807, 2.05) is 0 Å². The molecule has 1 aliphatic rings. The fourth-order valence-electron chi connectivity index (χ4n) is 2.31. The Labute approximate surface area is 124 Å². The Morgan fingerprint density at radius 3 is 2.81 bits per heavy atom. The van der Waals surface area contributed by atoms with Crippen molar-refractivity contribution >= 4 is 17.6 Å². The van der Waals surface area contributed by atoms with Crippen LogP contribution in [0.2, 0.25) is 0 Å². The molecule has 1 aromatic carbocycles. The second-order valence-electron chi connectivity index (χ2n) is 5.67. The number of rotatable bonds is 7. The molecule has 0 aromatic heterocycles. The van der Waals surface area contributed by atoms with Gasteiger partial charge in [-0.25, -0.2) is 4.79 Å². The topological polar surface area (TPSA) is 66.8 Å². The first-order chi connectivity index (χ1) is 9.99. The molecule has 1 heterocycles. The summed E-state index contributed by atoms with van der Waals surface area (Å²) in [5, 5.41) is 9.04. The van der Waals surface area contributed by atoms with Gasteiger partial charge in [0.1, 0.15) is 0 Å². The first kappa shape index (κ1) is 15.5. The standard InChI is InChI=1S/C16H21NO4/c1-11(2)5-7-21-8-6-17-14-9-13(16(19)20)4-3-12(14)10-15(17)18/h3-4,9,11H,5-8,10H2,1-2H3,(H,19,20). The third kappa shape index (κ3) is 3.82. The van der Waals surface area contributed by atoms with Crippen LogP contribution >= 0.6 is 0 Å². The Kier molecular flexibility index (Phi) is 4.96. The SMILES string of the molecule is CC(C)CCOCCN1C(=O)Cc2ccc(C(=O)O)cc21. The lowest BCUT2D eigenvalue weighted by Crippen LogP contribution is -2.30. The molecular formula is C16H21NO4. The van der Waals surface area contributed by atoms with Gasteiger partial charge >= 0.3 is 5.97 Å². The van der Waals surface area contributed by atoms with Crippen LogP contribution in [0.25, 0.3) is 0 Å². The third-order valence-electron chi connectivity index (χ3n) is 3.56. The molecular weight excluding hydrogens is 270 g/mol. The molecule has 0 saturated heterocycles. The molecule has 0 saturated carbocycles. The highest BCUT2D eigenvalue weighted by atomic mass is 16.5. The highest BCUT2D eigenvalue weighted by Crippen LogP contribution is 2.29. The van der Waals surface area contributed by atoms with Crippen molar-refractivity contribution in [1.82, 2.24) is 0 Å². The van der Waals surface area contributed by atoms with E-state index in [0.29, 0.717) is 37.8 Å². The number of nitrogens with zero attached hydrogens (tertiary/aromatic N) is 1. The van der Waals surface area contributed by atoms with E-state index in [4.69, 9.17) is 9.84 Å².